The second-order valence-electron chi connectivity index (χ2n) is 5.22. The zero-order valence-electron chi connectivity index (χ0n) is 11.9. The van der Waals surface area contributed by atoms with Crippen LogP contribution >= 0.6 is 11.8 Å². The molecule has 0 amide bonds. The minimum absolute atomic E-state index is 0.397. The molecule has 4 rings (SSSR count). The van der Waals surface area contributed by atoms with Crippen LogP contribution < -0.4 is 4.74 Å². The second-order valence-corrected chi connectivity index (χ2v) is 6.19. The van der Waals surface area contributed by atoms with Gasteiger partial charge in [0.2, 0.25) is 0 Å². The number of thioether (sulfide) groups is 1. The predicted octanol–water partition coefficient (Wildman–Crippen LogP) is 4.61. The van der Waals surface area contributed by atoms with E-state index in [0.717, 1.165) is 29.4 Å². The molecule has 3 aromatic rings. The van der Waals surface area contributed by atoms with Crippen molar-refractivity contribution in [1.82, 2.24) is 4.98 Å². The Balaban J connectivity index is 1.44. The first-order chi connectivity index (χ1) is 10.9. The number of fused-ring (bicyclic) bond motifs is 1. The third-order valence-electron chi connectivity index (χ3n) is 3.76. The van der Waals surface area contributed by atoms with Crippen LogP contribution in [0.4, 0.5) is 0 Å². The molecule has 1 aromatic heterocycles. The third-order valence-corrected chi connectivity index (χ3v) is 4.76. The summed E-state index contributed by atoms with van der Waals surface area (Å²) in [7, 11) is 0. The first-order valence-corrected chi connectivity index (χ1v) is 8.24. The molecule has 0 N–H and O–H groups in total. The van der Waals surface area contributed by atoms with E-state index in [2.05, 4.69) is 17.1 Å². The van der Waals surface area contributed by atoms with Gasteiger partial charge in [0.25, 0.3) is 5.22 Å². The standard InChI is InChI=1S/C18H15NO2S/c1-2-6-13(7-3-1)16-11-21-18(19-16)22-12-14-10-20-17-9-5-4-8-15(14)17/h1-9,11,14H,10,12H2. The van der Waals surface area contributed by atoms with E-state index in [1.807, 2.05) is 42.5 Å². The molecule has 2 aromatic carbocycles. The van der Waals surface area contributed by atoms with Gasteiger partial charge in [-0.25, -0.2) is 4.98 Å². The SMILES string of the molecule is c1ccc(-c2coc(SCC3COc4ccccc43)n2)cc1. The van der Waals surface area contributed by atoms with Crippen molar-refractivity contribution in [3.8, 4) is 17.0 Å². The van der Waals surface area contributed by atoms with Crippen LogP contribution in [-0.4, -0.2) is 17.3 Å². The Kier molecular flexibility index (Phi) is 3.60. The molecular formula is C18H15NO2S. The second kappa shape index (κ2) is 5.89. The minimum atomic E-state index is 0.397. The summed E-state index contributed by atoms with van der Waals surface area (Å²) < 4.78 is 11.3. The molecule has 0 radical (unpaired) electrons. The monoisotopic (exact) mass is 309 g/mol. The number of aromatic nitrogens is 1. The smallest absolute Gasteiger partial charge is 0.256 e. The Bertz CT molecular complexity index is 770. The Morgan fingerprint density at radius 3 is 2.77 bits per heavy atom. The molecule has 0 bridgehead atoms. The van der Waals surface area contributed by atoms with Crippen molar-refractivity contribution >= 4 is 11.8 Å². The Labute approximate surface area is 133 Å². The Morgan fingerprint density at radius 2 is 1.86 bits per heavy atom. The van der Waals surface area contributed by atoms with Crippen LogP contribution in [0.1, 0.15) is 11.5 Å². The van der Waals surface area contributed by atoms with E-state index in [9.17, 15) is 0 Å². The van der Waals surface area contributed by atoms with Gasteiger partial charge in [-0.15, -0.1) is 0 Å². The van der Waals surface area contributed by atoms with Gasteiger partial charge in [-0.1, -0.05) is 60.3 Å². The van der Waals surface area contributed by atoms with Crippen molar-refractivity contribution in [3.05, 3.63) is 66.4 Å². The third kappa shape index (κ3) is 2.62. The minimum Gasteiger partial charge on any atom is -0.493 e. The maximum absolute atomic E-state index is 5.71. The summed E-state index contributed by atoms with van der Waals surface area (Å²) in [6, 6.07) is 18.3. The molecular weight excluding hydrogens is 294 g/mol. The van der Waals surface area contributed by atoms with Gasteiger partial charge in [0.15, 0.2) is 0 Å². The van der Waals surface area contributed by atoms with Gasteiger partial charge in [-0.05, 0) is 6.07 Å². The first-order valence-electron chi connectivity index (χ1n) is 7.25. The molecule has 0 fully saturated rings. The lowest BCUT2D eigenvalue weighted by molar-refractivity contribution is 0.338. The molecule has 110 valence electrons. The van der Waals surface area contributed by atoms with Gasteiger partial charge >= 0.3 is 0 Å². The van der Waals surface area contributed by atoms with Gasteiger partial charge in [-0.2, -0.15) is 0 Å². The molecule has 0 saturated heterocycles. The summed E-state index contributed by atoms with van der Waals surface area (Å²) in [5.74, 6) is 2.31. The van der Waals surface area contributed by atoms with Crippen LogP contribution in [0.25, 0.3) is 11.3 Å². The van der Waals surface area contributed by atoms with E-state index in [1.54, 1.807) is 18.0 Å². The molecule has 3 nitrogen and oxygen atoms in total. The van der Waals surface area contributed by atoms with Crippen molar-refractivity contribution < 1.29 is 9.15 Å². The average Bonchev–Trinajstić information content (AvgIpc) is 3.21. The van der Waals surface area contributed by atoms with E-state index >= 15 is 0 Å². The number of hydrogen-bond donors (Lipinski definition) is 0. The fraction of sp³-hybridized carbons (Fsp3) is 0.167. The molecule has 0 spiro atoms. The normalized spacial score (nSPS) is 16.3. The van der Waals surface area contributed by atoms with Gasteiger partial charge in [-0.3, -0.25) is 0 Å². The van der Waals surface area contributed by atoms with Crippen LogP contribution in [0, 0.1) is 0 Å². The van der Waals surface area contributed by atoms with E-state index in [0.29, 0.717) is 11.1 Å². The molecule has 1 aliphatic heterocycles. The largest absolute Gasteiger partial charge is 0.493 e. The molecule has 2 heterocycles. The van der Waals surface area contributed by atoms with Gasteiger partial charge in [0.05, 0.1) is 6.61 Å². The molecule has 0 aliphatic carbocycles. The summed E-state index contributed by atoms with van der Waals surface area (Å²) >= 11 is 1.64. The van der Waals surface area contributed by atoms with Crippen molar-refractivity contribution in [2.24, 2.45) is 0 Å². The van der Waals surface area contributed by atoms with Gasteiger partial charge in [0, 0.05) is 22.8 Å². The zero-order chi connectivity index (χ0) is 14.8. The fourth-order valence-corrected chi connectivity index (χ4v) is 3.50. The fourth-order valence-electron chi connectivity index (χ4n) is 2.60. The summed E-state index contributed by atoms with van der Waals surface area (Å²) in [6.45, 7) is 0.735. The van der Waals surface area contributed by atoms with Gasteiger partial charge < -0.3 is 9.15 Å². The Morgan fingerprint density at radius 1 is 1.05 bits per heavy atom. The molecule has 1 aliphatic rings. The van der Waals surface area contributed by atoms with Crippen molar-refractivity contribution in [3.63, 3.8) is 0 Å². The highest BCUT2D eigenvalue weighted by molar-refractivity contribution is 7.99. The van der Waals surface area contributed by atoms with Gasteiger partial charge in [0.1, 0.15) is 17.7 Å². The summed E-state index contributed by atoms with van der Waals surface area (Å²) in [5.41, 5.74) is 3.24. The summed E-state index contributed by atoms with van der Waals surface area (Å²) in [6.07, 6.45) is 1.72. The lowest BCUT2D eigenvalue weighted by atomic mass is 10.0. The highest BCUT2D eigenvalue weighted by Crippen LogP contribution is 2.37. The van der Waals surface area contributed by atoms with E-state index in [-0.39, 0.29) is 0 Å². The maximum atomic E-state index is 5.71. The highest BCUT2D eigenvalue weighted by Gasteiger charge is 2.24. The van der Waals surface area contributed by atoms with Crippen molar-refractivity contribution in [1.29, 1.82) is 0 Å². The molecule has 1 atom stereocenters. The number of para-hydroxylation sites is 1. The molecule has 22 heavy (non-hydrogen) atoms. The van der Waals surface area contributed by atoms with Crippen LogP contribution in [0.15, 0.2) is 70.5 Å². The van der Waals surface area contributed by atoms with Crippen LogP contribution in [0.5, 0.6) is 5.75 Å². The lowest BCUT2D eigenvalue weighted by Crippen LogP contribution is -2.03. The van der Waals surface area contributed by atoms with E-state index < -0.39 is 0 Å². The van der Waals surface area contributed by atoms with Crippen LogP contribution in [-0.2, 0) is 0 Å². The van der Waals surface area contributed by atoms with Crippen molar-refractivity contribution in [2.45, 2.75) is 11.1 Å². The Hall–Kier alpha value is -2.20. The van der Waals surface area contributed by atoms with E-state index in [4.69, 9.17) is 9.15 Å². The van der Waals surface area contributed by atoms with Crippen LogP contribution in [0.3, 0.4) is 0 Å². The lowest BCUT2D eigenvalue weighted by Gasteiger charge is -2.05. The zero-order valence-corrected chi connectivity index (χ0v) is 12.8. The molecule has 0 saturated carbocycles. The van der Waals surface area contributed by atoms with Crippen LogP contribution in [0.2, 0.25) is 0 Å². The number of oxazole rings is 1. The van der Waals surface area contributed by atoms with Crippen molar-refractivity contribution in [2.75, 3.05) is 12.4 Å². The highest BCUT2D eigenvalue weighted by atomic mass is 32.2. The quantitative estimate of drug-likeness (QED) is 0.659. The molecule has 1 unspecified atom stereocenters. The number of rotatable bonds is 4. The predicted molar refractivity (Wildman–Crippen MR) is 87.3 cm³/mol. The molecule has 4 heteroatoms. The summed E-state index contributed by atoms with van der Waals surface area (Å²) in [5, 5.41) is 0.711. The number of nitrogens with zero attached hydrogens (tertiary/aromatic N) is 1. The maximum Gasteiger partial charge on any atom is 0.256 e. The summed E-state index contributed by atoms with van der Waals surface area (Å²) in [4.78, 5) is 4.55. The topological polar surface area (TPSA) is 35.3 Å². The average molecular weight is 309 g/mol. The number of ether oxygens (including phenoxy) is 1. The first kappa shape index (κ1) is 13.5. The number of benzene rings is 2. The van der Waals surface area contributed by atoms with E-state index in [1.165, 1.54) is 5.56 Å². The number of hydrogen-bond acceptors (Lipinski definition) is 4.